The molecule has 156 valence electrons. The van der Waals surface area contributed by atoms with Crippen LogP contribution in [0.2, 0.25) is 5.02 Å². The molecule has 4 rings (SSSR count). The van der Waals surface area contributed by atoms with E-state index in [2.05, 4.69) is 10.3 Å². The van der Waals surface area contributed by atoms with Gasteiger partial charge in [-0.05, 0) is 54.2 Å². The van der Waals surface area contributed by atoms with Crippen LogP contribution in [0, 0.1) is 0 Å². The topological polar surface area (TPSA) is 59.9 Å². The highest BCUT2D eigenvalue weighted by Crippen LogP contribution is 2.31. The summed E-state index contributed by atoms with van der Waals surface area (Å²) in [6.45, 7) is 0.337. The van der Waals surface area contributed by atoms with Gasteiger partial charge in [-0.15, -0.1) is 0 Å². The summed E-state index contributed by atoms with van der Waals surface area (Å²) < 4.78 is 11.1. The van der Waals surface area contributed by atoms with Crippen LogP contribution in [-0.2, 0) is 11.4 Å². The van der Waals surface area contributed by atoms with Crippen molar-refractivity contribution >= 4 is 46.2 Å². The van der Waals surface area contributed by atoms with E-state index in [4.69, 9.17) is 21.1 Å². The second kappa shape index (κ2) is 9.73. The molecule has 0 aromatic heterocycles. The number of carbonyl (C=O) groups is 1. The summed E-state index contributed by atoms with van der Waals surface area (Å²) >= 11 is 7.50. The highest BCUT2D eigenvalue weighted by molar-refractivity contribution is 8.18. The first kappa shape index (κ1) is 21.0. The molecule has 0 bridgehead atoms. The molecule has 0 aliphatic carbocycles. The Kier molecular flexibility index (Phi) is 6.60. The lowest BCUT2D eigenvalue weighted by Gasteiger charge is -2.10. The number of aliphatic imine (C=N–C) groups is 1. The van der Waals surface area contributed by atoms with Gasteiger partial charge < -0.3 is 14.8 Å². The predicted molar refractivity (Wildman–Crippen MR) is 126 cm³/mol. The molecule has 0 saturated carbocycles. The third kappa shape index (κ3) is 5.29. The Morgan fingerprint density at radius 3 is 2.55 bits per heavy atom. The zero-order chi connectivity index (χ0) is 21.6. The number of benzene rings is 3. The fourth-order valence-electron chi connectivity index (χ4n) is 2.90. The van der Waals surface area contributed by atoms with Crippen molar-refractivity contribution in [1.82, 2.24) is 5.32 Å². The van der Waals surface area contributed by atoms with E-state index in [9.17, 15) is 4.79 Å². The van der Waals surface area contributed by atoms with Crippen LogP contribution in [0.25, 0.3) is 6.08 Å². The normalized spacial score (nSPS) is 15.9. The average Bonchev–Trinajstić information content (AvgIpc) is 3.13. The smallest absolute Gasteiger partial charge is 0.264 e. The van der Waals surface area contributed by atoms with Crippen molar-refractivity contribution in [2.45, 2.75) is 6.61 Å². The number of carbonyl (C=O) groups excluding carboxylic acids is 1. The third-order valence-electron chi connectivity index (χ3n) is 4.50. The van der Waals surface area contributed by atoms with Crippen molar-refractivity contribution in [1.29, 1.82) is 0 Å². The Labute approximate surface area is 189 Å². The van der Waals surface area contributed by atoms with Crippen LogP contribution >= 0.6 is 23.4 Å². The van der Waals surface area contributed by atoms with Crippen molar-refractivity contribution in [2.75, 3.05) is 7.11 Å². The zero-order valence-corrected chi connectivity index (χ0v) is 18.2. The van der Waals surface area contributed by atoms with Crippen LogP contribution in [0.15, 0.2) is 82.7 Å². The average molecular weight is 451 g/mol. The van der Waals surface area contributed by atoms with Gasteiger partial charge in [-0.1, -0.05) is 48.0 Å². The second-order valence-electron chi connectivity index (χ2n) is 6.60. The van der Waals surface area contributed by atoms with E-state index in [-0.39, 0.29) is 5.91 Å². The summed E-state index contributed by atoms with van der Waals surface area (Å²) in [5.74, 6) is 1.23. The number of methoxy groups -OCH3 is 1. The van der Waals surface area contributed by atoms with Gasteiger partial charge in [-0.2, -0.15) is 0 Å². The molecular weight excluding hydrogens is 432 g/mol. The minimum absolute atomic E-state index is 0.196. The third-order valence-corrected chi connectivity index (χ3v) is 5.78. The summed E-state index contributed by atoms with van der Waals surface area (Å²) in [5.41, 5.74) is 2.43. The summed E-state index contributed by atoms with van der Waals surface area (Å²) in [4.78, 5) is 17.5. The number of hydrogen-bond donors (Lipinski definition) is 1. The first-order valence-corrected chi connectivity index (χ1v) is 10.7. The monoisotopic (exact) mass is 450 g/mol. The Balaban J connectivity index is 1.51. The van der Waals surface area contributed by atoms with Gasteiger partial charge >= 0.3 is 0 Å². The lowest BCUT2D eigenvalue weighted by molar-refractivity contribution is -0.115. The SMILES string of the molecule is COc1ccc(N=C2NC(=O)/C(=C/c3ccccc3OCc3ccccc3Cl)S2)cc1. The van der Waals surface area contributed by atoms with Gasteiger partial charge in [-0.25, -0.2) is 4.99 Å². The standard InChI is InChI=1S/C24H19ClN2O3S/c1-29-19-12-10-18(11-13-19)26-24-27-23(28)22(31-24)14-16-6-3-5-9-21(16)30-15-17-7-2-4-8-20(17)25/h2-14H,15H2,1H3,(H,26,27,28)/b22-14-. The fraction of sp³-hybridized carbons (Fsp3) is 0.0833. The molecule has 1 heterocycles. The molecule has 3 aromatic rings. The van der Waals surface area contributed by atoms with E-state index < -0.39 is 0 Å². The van der Waals surface area contributed by atoms with Crippen LogP contribution in [0.4, 0.5) is 5.69 Å². The van der Waals surface area contributed by atoms with Crippen LogP contribution in [0.3, 0.4) is 0 Å². The van der Waals surface area contributed by atoms with Crippen LogP contribution in [0.1, 0.15) is 11.1 Å². The van der Waals surface area contributed by atoms with Crippen molar-refractivity contribution in [3.8, 4) is 11.5 Å². The van der Waals surface area contributed by atoms with Gasteiger partial charge in [0.05, 0.1) is 17.7 Å². The van der Waals surface area contributed by atoms with Crippen molar-refractivity contribution in [2.24, 2.45) is 4.99 Å². The summed E-state index contributed by atoms with van der Waals surface area (Å²) in [7, 11) is 1.61. The molecule has 1 aliphatic heterocycles. The maximum atomic E-state index is 12.5. The predicted octanol–water partition coefficient (Wildman–Crippen LogP) is 5.82. The summed E-state index contributed by atoms with van der Waals surface area (Å²) in [5, 5.41) is 3.98. The number of amides is 1. The molecule has 0 unspecified atom stereocenters. The Morgan fingerprint density at radius 1 is 1.03 bits per heavy atom. The van der Waals surface area contributed by atoms with Gasteiger partial charge in [0.1, 0.15) is 18.1 Å². The number of hydrogen-bond acceptors (Lipinski definition) is 5. The number of nitrogens with one attached hydrogen (secondary N) is 1. The first-order chi connectivity index (χ1) is 15.1. The summed E-state index contributed by atoms with van der Waals surface area (Å²) in [6, 6.07) is 22.4. The molecule has 0 radical (unpaired) electrons. The van der Waals surface area contributed by atoms with E-state index in [1.807, 2.05) is 72.8 Å². The molecule has 0 atom stereocenters. The van der Waals surface area contributed by atoms with Gasteiger partial charge in [0.15, 0.2) is 5.17 Å². The van der Waals surface area contributed by atoms with Gasteiger partial charge in [0.2, 0.25) is 0 Å². The van der Waals surface area contributed by atoms with Gasteiger partial charge in [0, 0.05) is 16.1 Å². The lowest BCUT2D eigenvalue weighted by Crippen LogP contribution is -2.19. The van der Waals surface area contributed by atoms with E-state index in [1.54, 1.807) is 13.2 Å². The highest BCUT2D eigenvalue weighted by Gasteiger charge is 2.24. The Bertz CT molecular complexity index is 1160. The number of amidine groups is 1. The minimum Gasteiger partial charge on any atom is -0.497 e. The number of nitrogens with zero attached hydrogens (tertiary/aromatic N) is 1. The van der Waals surface area contributed by atoms with Crippen LogP contribution in [0.5, 0.6) is 11.5 Å². The quantitative estimate of drug-likeness (QED) is 0.481. The molecule has 1 aliphatic rings. The second-order valence-corrected chi connectivity index (χ2v) is 8.04. The fourth-order valence-corrected chi connectivity index (χ4v) is 3.92. The molecule has 0 spiro atoms. The Hall–Kier alpha value is -3.22. The van der Waals surface area contributed by atoms with E-state index >= 15 is 0 Å². The molecule has 3 aromatic carbocycles. The van der Waals surface area contributed by atoms with Crippen LogP contribution < -0.4 is 14.8 Å². The van der Waals surface area contributed by atoms with Gasteiger partial charge in [0.25, 0.3) is 5.91 Å². The summed E-state index contributed by atoms with van der Waals surface area (Å²) in [6.07, 6.45) is 1.80. The highest BCUT2D eigenvalue weighted by atomic mass is 35.5. The Morgan fingerprint density at radius 2 is 1.77 bits per heavy atom. The van der Waals surface area contributed by atoms with Crippen molar-refractivity contribution < 1.29 is 14.3 Å². The van der Waals surface area contributed by atoms with E-state index in [0.717, 1.165) is 22.6 Å². The van der Waals surface area contributed by atoms with Gasteiger partial charge in [-0.3, -0.25) is 4.79 Å². The van der Waals surface area contributed by atoms with Crippen molar-refractivity contribution in [3.05, 3.63) is 93.9 Å². The molecule has 1 fully saturated rings. The maximum absolute atomic E-state index is 12.5. The molecular formula is C24H19ClN2O3S. The van der Waals surface area contributed by atoms with Crippen molar-refractivity contribution in [3.63, 3.8) is 0 Å². The van der Waals surface area contributed by atoms with Crippen LogP contribution in [-0.4, -0.2) is 18.2 Å². The largest absolute Gasteiger partial charge is 0.497 e. The molecule has 5 nitrogen and oxygen atoms in total. The van der Waals surface area contributed by atoms with E-state index in [0.29, 0.717) is 27.5 Å². The maximum Gasteiger partial charge on any atom is 0.264 e. The molecule has 1 saturated heterocycles. The van der Waals surface area contributed by atoms with E-state index in [1.165, 1.54) is 11.8 Å². The molecule has 1 N–H and O–H groups in total. The number of halogens is 1. The number of ether oxygens (including phenoxy) is 2. The molecule has 7 heteroatoms. The number of para-hydroxylation sites is 1. The first-order valence-electron chi connectivity index (χ1n) is 9.51. The molecule has 1 amide bonds. The molecule has 31 heavy (non-hydrogen) atoms. The minimum atomic E-state index is -0.196. The number of thioether (sulfide) groups is 1. The zero-order valence-electron chi connectivity index (χ0n) is 16.7. The number of rotatable bonds is 6. The lowest BCUT2D eigenvalue weighted by atomic mass is 10.2.